The number of hydrogen-bond acceptors (Lipinski definition) is 4. The molecule has 1 amide bonds. The number of aliphatic carboxylic acids is 1. The molecule has 0 bridgehead atoms. The quantitative estimate of drug-likeness (QED) is 0.731. The number of piperidine rings is 1. The fraction of sp³-hybridized carbons (Fsp3) is 0.846. The summed E-state index contributed by atoms with van der Waals surface area (Å²) < 4.78 is 24.2. The molecule has 0 atom stereocenters. The van der Waals surface area contributed by atoms with Crippen molar-refractivity contribution in [2.75, 3.05) is 25.9 Å². The zero-order chi connectivity index (χ0) is 16.3. The molecule has 0 aromatic heterocycles. The maximum absolute atomic E-state index is 11.7. The second-order valence-electron chi connectivity index (χ2n) is 6.28. The monoisotopic (exact) mass is 320 g/mol. The molecule has 2 N–H and O–H groups in total. The second-order valence-corrected chi connectivity index (χ2v) is 8.26. The van der Waals surface area contributed by atoms with Crippen molar-refractivity contribution in [1.29, 1.82) is 0 Å². The zero-order valence-corrected chi connectivity index (χ0v) is 13.6. The van der Waals surface area contributed by atoms with Crippen molar-refractivity contribution < 1.29 is 23.1 Å². The van der Waals surface area contributed by atoms with Crippen molar-refractivity contribution in [3.05, 3.63) is 0 Å². The summed E-state index contributed by atoms with van der Waals surface area (Å²) in [5.41, 5.74) is -1.08. The van der Waals surface area contributed by atoms with Crippen LogP contribution in [-0.4, -0.2) is 55.6 Å². The summed E-state index contributed by atoms with van der Waals surface area (Å²) >= 11 is 0. The number of carboxylic acids is 1. The molecule has 0 spiro atoms. The summed E-state index contributed by atoms with van der Waals surface area (Å²) in [5.74, 6) is -1.05. The molecule has 1 rings (SSSR count). The highest BCUT2D eigenvalue weighted by atomic mass is 32.2. The van der Waals surface area contributed by atoms with Gasteiger partial charge in [-0.1, -0.05) is 0 Å². The minimum Gasteiger partial charge on any atom is -0.481 e. The predicted molar refractivity (Wildman–Crippen MR) is 78.2 cm³/mol. The molecular formula is C13H24N2O5S. The Morgan fingerprint density at radius 2 is 1.81 bits per heavy atom. The van der Waals surface area contributed by atoms with Gasteiger partial charge in [-0.3, -0.25) is 9.59 Å². The fourth-order valence-corrected chi connectivity index (χ4v) is 3.12. The first-order valence-corrected chi connectivity index (χ1v) is 8.82. The Hall–Kier alpha value is -1.15. The van der Waals surface area contributed by atoms with Crippen LogP contribution in [0.2, 0.25) is 0 Å². The van der Waals surface area contributed by atoms with E-state index in [9.17, 15) is 18.0 Å². The van der Waals surface area contributed by atoms with Crippen LogP contribution in [0.3, 0.4) is 0 Å². The van der Waals surface area contributed by atoms with Crippen LogP contribution < -0.4 is 5.32 Å². The second kappa shape index (κ2) is 6.74. The Morgan fingerprint density at radius 3 is 2.24 bits per heavy atom. The molecule has 0 unspecified atom stereocenters. The number of sulfonamides is 1. The maximum Gasteiger partial charge on any atom is 0.309 e. The lowest BCUT2D eigenvalue weighted by atomic mass is 9.89. The molecule has 0 aromatic carbocycles. The van der Waals surface area contributed by atoms with Crippen molar-refractivity contribution in [2.24, 2.45) is 11.3 Å². The van der Waals surface area contributed by atoms with Gasteiger partial charge in [0.1, 0.15) is 0 Å². The summed E-state index contributed by atoms with van der Waals surface area (Å²) in [7, 11) is -3.13. The van der Waals surface area contributed by atoms with Crippen LogP contribution in [0.5, 0.6) is 0 Å². The molecule has 1 fully saturated rings. The molecule has 1 aliphatic rings. The average molecular weight is 320 g/mol. The molecule has 1 saturated heterocycles. The minimum atomic E-state index is -3.13. The standard InChI is InChI=1S/C13H24N2O5S/c1-13(2,12(17)18)8-11(16)14-9-10-4-6-15(7-5-10)21(3,19)20/h10H,4-9H2,1-3H3,(H,14,16)(H,17,18). The van der Waals surface area contributed by atoms with E-state index in [2.05, 4.69) is 5.32 Å². The van der Waals surface area contributed by atoms with E-state index >= 15 is 0 Å². The van der Waals surface area contributed by atoms with Gasteiger partial charge in [0.2, 0.25) is 15.9 Å². The number of nitrogens with zero attached hydrogens (tertiary/aromatic N) is 1. The SMILES string of the molecule is CC(C)(CC(=O)NCC1CCN(S(C)(=O)=O)CC1)C(=O)O. The van der Waals surface area contributed by atoms with Crippen LogP contribution in [0.15, 0.2) is 0 Å². The Balaban J connectivity index is 2.35. The van der Waals surface area contributed by atoms with E-state index < -0.39 is 21.4 Å². The highest BCUT2D eigenvalue weighted by Gasteiger charge is 2.30. The van der Waals surface area contributed by atoms with E-state index in [0.717, 1.165) is 0 Å². The molecule has 1 aliphatic heterocycles. The van der Waals surface area contributed by atoms with Gasteiger partial charge in [-0.2, -0.15) is 0 Å². The number of rotatable bonds is 6. The molecule has 7 nitrogen and oxygen atoms in total. The van der Waals surface area contributed by atoms with Crippen molar-refractivity contribution in [3.8, 4) is 0 Å². The zero-order valence-electron chi connectivity index (χ0n) is 12.8. The molecule has 1 heterocycles. The minimum absolute atomic E-state index is 0.0650. The lowest BCUT2D eigenvalue weighted by Crippen LogP contribution is -2.41. The Kier molecular flexibility index (Phi) is 5.75. The Labute approximate surface area is 125 Å². The van der Waals surface area contributed by atoms with E-state index in [1.165, 1.54) is 24.4 Å². The third-order valence-corrected chi connectivity index (χ3v) is 5.12. The lowest BCUT2D eigenvalue weighted by Gasteiger charge is -2.30. The first-order valence-electron chi connectivity index (χ1n) is 6.97. The van der Waals surface area contributed by atoms with Gasteiger partial charge in [-0.05, 0) is 32.6 Å². The maximum atomic E-state index is 11.7. The molecule has 0 aliphatic carbocycles. The van der Waals surface area contributed by atoms with Crippen molar-refractivity contribution >= 4 is 21.9 Å². The highest BCUT2D eigenvalue weighted by Crippen LogP contribution is 2.21. The van der Waals surface area contributed by atoms with Crippen LogP contribution in [0, 0.1) is 11.3 Å². The third kappa shape index (κ3) is 5.62. The number of carbonyl (C=O) groups excluding carboxylic acids is 1. The summed E-state index contributed by atoms with van der Waals surface area (Å²) in [5, 5.41) is 11.7. The Bertz CT molecular complexity index is 493. The smallest absolute Gasteiger partial charge is 0.309 e. The van der Waals surface area contributed by atoms with E-state index in [0.29, 0.717) is 32.5 Å². The normalized spacial score (nSPS) is 18.4. The van der Waals surface area contributed by atoms with Crippen LogP contribution in [0.25, 0.3) is 0 Å². The van der Waals surface area contributed by atoms with Gasteiger partial charge in [0, 0.05) is 26.1 Å². The highest BCUT2D eigenvalue weighted by molar-refractivity contribution is 7.88. The van der Waals surface area contributed by atoms with Crippen LogP contribution in [0.1, 0.15) is 33.1 Å². The number of carboxylic acid groups (broad SMARTS) is 1. The average Bonchev–Trinajstić information content (AvgIpc) is 2.35. The first kappa shape index (κ1) is 17.9. The molecule has 8 heteroatoms. The number of amides is 1. The summed E-state index contributed by atoms with van der Waals surface area (Å²) in [6, 6.07) is 0. The van der Waals surface area contributed by atoms with Crippen molar-refractivity contribution in [1.82, 2.24) is 9.62 Å². The van der Waals surface area contributed by atoms with Crippen LogP contribution in [-0.2, 0) is 19.6 Å². The van der Waals surface area contributed by atoms with Crippen LogP contribution in [0.4, 0.5) is 0 Å². The van der Waals surface area contributed by atoms with E-state index in [1.807, 2.05) is 0 Å². The van der Waals surface area contributed by atoms with E-state index in [4.69, 9.17) is 5.11 Å². The lowest BCUT2D eigenvalue weighted by molar-refractivity contribution is -0.149. The van der Waals surface area contributed by atoms with Gasteiger partial charge < -0.3 is 10.4 Å². The van der Waals surface area contributed by atoms with Crippen molar-refractivity contribution in [3.63, 3.8) is 0 Å². The third-order valence-electron chi connectivity index (χ3n) is 3.81. The summed E-state index contributed by atoms with van der Waals surface area (Å²) in [6.07, 6.45) is 2.54. The molecule has 0 aromatic rings. The first-order chi connectivity index (χ1) is 9.52. The van der Waals surface area contributed by atoms with E-state index in [-0.39, 0.29) is 18.2 Å². The van der Waals surface area contributed by atoms with Gasteiger partial charge in [-0.15, -0.1) is 0 Å². The number of carbonyl (C=O) groups is 2. The van der Waals surface area contributed by atoms with Gasteiger partial charge in [0.25, 0.3) is 0 Å². The summed E-state index contributed by atoms with van der Waals surface area (Å²) in [6.45, 7) is 4.44. The van der Waals surface area contributed by atoms with E-state index in [1.54, 1.807) is 0 Å². The van der Waals surface area contributed by atoms with Gasteiger partial charge in [0.05, 0.1) is 11.7 Å². The van der Waals surface area contributed by atoms with Crippen LogP contribution >= 0.6 is 0 Å². The van der Waals surface area contributed by atoms with Gasteiger partial charge >= 0.3 is 5.97 Å². The summed E-state index contributed by atoms with van der Waals surface area (Å²) in [4.78, 5) is 22.7. The largest absolute Gasteiger partial charge is 0.481 e. The van der Waals surface area contributed by atoms with Crippen molar-refractivity contribution in [2.45, 2.75) is 33.1 Å². The molecule has 0 radical (unpaired) electrons. The number of hydrogen-bond donors (Lipinski definition) is 2. The molecular weight excluding hydrogens is 296 g/mol. The van der Waals surface area contributed by atoms with Gasteiger partial charge in [-0.25, -0.2) is 12.7 Å². The Morgan fingerprint density at radius 1 is 1.29 bits per heavy atom. The molecule has 0 saturated carbocycles. The fourth-order valence-electron chi connectivity index (χ4n) is 2.24. The molecule has 21 heavy (non-hydrogen) atoms. The number of nitrogens with one attached hydrogen (secondary N) is 1. The predicted octanol–water partition coefficient (Wildman–Crippen LogP) is 0.275. The van der Waals surface area contributed by atoms with Gasteiger partial charge in [0.15, 0.2) is 0 Å². The topological polar surface area (TPSA) is 104 Å². The molecule has 122 valence electrons.